The van der Waals surface area contributed by atoms with Crippen molar-refractivity contribution in [3.8, 4) is 33.6 Å². The minimum absolute atomic E-state index is 0.237. The van der Waals surface area contributed by atoms with E-state index in [-0.39, 0.29) is 5.82 Å². The number of aromatic nitrogens is 4. The van der Waals surface area contributed by atoms with E-state index in [0.717, 1.165) is 55.4 Å². The van der Waals surface area contributed by atoms with Gasteiger partial charge in [-0.2, -0.15) is 5.10 Å². The van der Waals surface area contributed by atoms with Gasteiger partial charge in [0.2, 0.25) is 0 Å². The fourth-order valence-corrected chi connectivity index (χ4v) is 4.11. The van der Waals surface area contributed by atoms with Crippen molar-refractivity contribution in [2.24, 2.45) is 0 Å². The first-order valence-corrected chi connectivity index (χ1v) is 10.0. The van der Waals surface area contributed by atoms with Crippen molar-refractivity contribution in [3.05, 3.63) is 97.1 Å². The summed E-state index contributed by atoms with van der Waals surface area (Å²) < 4.78 is 13.4. The number of hydrogen-bond acceptors (Lipinski definition) is 2. The molecule has 0 amide bonds. The first-order valence-electron chi connectivity index (χ1n) is 10.0. The van der Waals surface area contributed by atoms with E-state index in [4.69, 9.17) is 0 Å². The molecule has 148 valence electrons. The summed E-state index contributed by atoms with van der Waals surface area (Å²) in [6.07, 6.45) is 3.59. The molecule has 0 saturated carbocycles. The number of aromatic amines is 2. The second-order valence-electron chi connectivity index (χ2n) is 7.53. The maximum absolute atomic E-state index is 13.4. The standard InChI is InChI=1S/C26H17FN4/c27-19-7-4-17(5-8-19)20-2-1-3-23-21(20)15-25(29-23)26-22-14-18(6-9-24(22)30-31-26)16-10-12-28-13-11-16/h1-15,29H,(H,30,31). The van der Waals surface area contributed by atoms with Gasteiger partial charge in [0.25, 0.3) is 0 Å². The summed E-state index contributed by atoms with van der Waals surface area (Å²) in [5, 5.41) is 9.85. The first-order chi connectivity index (χ1) is 15.3. The van der Waals surface area contributed by atoms with Crippen molar-refractivity contribution in [1.82, 2.24) is 20.2 Å². The zero-order valence-corrected chi connectivity index (χ0v) is 16.4. The number of pyridine rings is 1. The van der Waals surface area contributed by atoms with Gasteiger partial charge in [-0.15, -0.1) is 0 Å². The molecule has 2 N–H and O–H groups in total. The normalized spacial score (nSPS) is 11.4. The summed E-state index contributed by atoms with van der Waals surface area (Å²) in [5.41, 5.74) is 8.04. The summed E-state index contributed by atoms with van der Waals surface area (Å²) in [4.78, 5) is 7.61. The lowest BCUT2D eigenvalue weighted by Crippen LogP contribution is -1.80. The molecule has 6 aromatic rings. The molecule has 4 nitrogen and oxygen atoms in total. The Kier molecular flexibility index (Phi) is 3.93. The number of fused-ring (bicyclic) bond motifs is 2. The molecular formula is C26H17FN4. The predicted molar refractivity (Wildman–Crippen MR) is 122 cm³/mol. The van der Waals surface area contributed by atoms with Gasteiger partial charge in [-0.1, -0.05) is 30.3 Å². The van der Waals surface area contributed by atoms with Gasteiger partial charge in [0, 0.05) is 28.7 Å². The van der Waals surface area contributed by atoms with Gasteiger partial charge >= 0.3 is 0 Å². The summed E-state index contributed by atoms with van der Waals surface area (Å²) >= 11 is 0. The first kappa shape index (κ1) is 17.6. The van der Waals surface area contributed by atoms with Crippen LogP contribution < -0.4 is 0 Å². The highest BCUT2D eigenvalue weighted by atomic mass is 19.1. The van der Waals surface area contributed by atoms with E-state index in [2.05, 4.69) is 44.4 Å². The number of nitrogens with one attached hydrogen (secondary N) is 2. The molecule has 0 saturated heterocycles. The molecule has 0 atom stereocenters. The van der Waals surface area contributed by atoms with Crippen molar-refractivity contribution in [2.75, 3.05) is 0 Å². The third-order valence-corrected chi connectivity index (χ3v) is 5.65. The molecule has 0 unspecified atom stereocenters. The molecule has 0 spiro atoms. The third-order valence-electron chi connectivity index (χ3n) is 5.65. The highest BCUT2D eigenvalue weighted by molar-refractivity contribution is 6.01. The summed E-state index contributed by atoms with van der Waals surface area (Å²) in [6.45, 7) is 0. The number of halogens is 1. The second kappa shape index (κ2) is 6.92. The molecule has 0 bridgehead atoms. The SMILES string of the molecule is Fc1ccc(-c2cccc3[nH]c(-c4n[nH]c5ccc(-c6ccncc6)cc45)cc23)cc1. The number of hydrogen-bond donors (Lipinski definition) is 2. The Labute approximate surface area is 177 Å². The summed E-state index contributed by atoms with van der Waals surface area (Å²) in [7, 11) is 0. The van der Waals surface area contributed by atoms with Crippen LogP contribution in [-0.4, -0.2) is 20.2 Å². The number of rotatable bonds is 3. The van der Waals surface area contributed by atoms with Crippen molar-refractivity contribution < 1.29 is 4.39 Å². The van der Waals surface area contributed by atoms with Crippen molar-refractivity contribution >= 4 is 21.8 Å². The fourth-order valence-electron chi connectivity index (χ4n) is 4.11. The molecule has 3 heterocycles. The molecule has 31 heavy (non-hydrogen) atoms. The third kappa shape index (κ3) is 2.99. The Bertz CT molecular complexity index is 1530. The molecule has 0 fully saturated rings. The maximum atomic E-state index is 13.4. The van der Waals surface area contributed by atoms with Crippen LogP contribution in [0.3, 0.4) is 0 Å². The molecule has 0 aliphatic carbocycles. The lowest BCUT2D eigenvalue weighted by molar-refractivity contribution is 0.628. The minimum Gasteiger partial charge on any atom is -0.353 e. The highest BCUT2D eigenvalue weighted by Crippen LogP contribution is 2.35. The van der Waals surface area contributed by atoms with Gasteiger partial charge < -0.3 is 4.98 Å². The van der Waals surface area contributed by atoms with Gasteiger partial charge in [0.15, 0.2) is 0 Å². The van der Waals surface area contributed by atoms with Crippen molar-refractivity contribution in [1.29, 1.82) is 0 Å². The van der Waals surface area contributed by atoms with Crippen LogP contribution in [0.2, 0.25) is 0 Å². The molecule has 0 radical (unpaired) electrons. The Balaban J connectivity index is 1.51. The zero-order chi connectivity index (χ0) is 20.8. The van der Waals surface area contributed by atoms with E-state index in [1.807, 2.05) is 42.5 Å². The lowest BCUT2D eigenvalue weighted by Gasteiger charge is -2.03. The average Bonchev–Trinajstić information content (AvgIpc) is 3.43. The number of benzene rings is 3. The Hall–Kier alpha value is -4.25. The Morgan fingerprint density at radius 2 is 1.48 bits per heavy atom. The zero-order valence-electron chi connectivity index (χ0n) is 16.4. The van der Waals surface area contributed by atoms with Gasteiger partial charge in [-0.3, -0.25) is 10.1 Å². The van der Waals surface area contributed by atoms with Gasteiger partial charge in [0.05, 0.1) is 11.2 Å². The largest absolute Gasteiger partial charge is 0.353 e. The van der Waals surface area contributed by atoms with Crippen LogP contribution in [0.4, 0.5) is 4.39 Å². The topological polar surface area (TPSA) is 57.4 Å². The summed E-state index contributed by atoms with van der Waals surface area (Å²) in [6, 6.07) is 25.1. The van der Waals surface area contributed by atoms with Gasteiger partial charge in [-0.25, -0.2) is 4.39 Å². The predicted octanol–water partition coefficient (Wildman–Crippen LogP) is 6.58. The molecule has 5 heteroatoms. The average molecular weight is 404 g/mol. The van der Waals surface area contributed by atoms with Crippen molar-refractivity contribution in [3.63, 3.8) is 0 Å². The van der Waals surface area contributed by atoms with Crippen LogP contribution in [0.15, 0.2) is 91.3 Å². The number of nitrogens with zero attached hydrogens (tertiary/aromatic N) is 2. The molecule has 3 aromatic heterocycles. The van der Waals surface area contributed by atoms with Crippen LogP contribution in [-0.2, 0) is 0 Å². The van der Waals surface area contributed by atoms with Crippen LogP contribution in [0, 0.1) is 5.82 Å². The molecular weight excluding hydrogens is 387 g/mol. The minimum atomic E-state index is -0.237. The van der Waals surface area contributed by atoms with Crippen LogP contribution in [0.1, 0.15) is 0 Å². The lowest BCUT2D eigenvalue weighted by atomic mass is 10.0. The maximum Gasteiger partial charge on any atom is 0.123 e. The Morgan fingerprint density at radius 1 is 0.677 bits per heavy atom. The molecule has 3 aromatic carbocycles. The summed E-state index contributed by atoms with van der Waals surface area (Å²) in [5.74, 6) is -0.237. The Morgan fingerprint density at radius 3 is 2.32 bits per heavy atom. The quantitative estimate of drug-likeness (QED) is 0.350. The monoisotopic (exact) mass is 404 g/mol. The van der Waals surface area contributed by atoms with E-state index in [1.165, 1.54) is 12.1 Å². The van der Waals surface area contributed by atoms with E-state index < -0.39 is 0 Å². The fraction of sp³-hybridized carbons (Fsp3) is 0. The molecule has 0 aliphatic heterocycles. The van der Waals surface area contributed by atoms with Crippen LogP contribution >= 0.6 is 0 Å². The smallest absolute Gasteiger partial charge is 0.123 e. The van der Waals surface area contributed by atoms with Crippen LogP contribution in [0.5, 0.6) is 0 Å². The van der Waals surface area contributed by atoms with Gasteiger partial charge in [-0.05, 0) is 70.8 Å². The second-order valence-corrected chi connectivity index (χ2v) is 7.53. The van der Waals surface area contributed by atoms with E-state index in [1.54, 1.807) is 12.4 Å². The molecule has 6 rings (SSSR count). The highest BCUT2D eigenvalue weighted by Gasteiger charge is 2.14. The van der Waals surface area contributed by atoms with Gasteiger partial charge in [0.1, 0.15) is 11.5 Å². The molecule has 0 aliphatic rings. The van der Waals surface area contributed by atoms with Crippen LogP contribution in [0.25, 0.3) is 55.4 Å². The van der Waals surface area contributed by atoms with Crippen molar-refractivity contribution in [2.45, 2.75) is 0 Å². The number of H-pyrrole nitrogens is 2. The van der Waals surface area contributed by atoms with E-state index in [9.17, 15) is 4.39 Å². The van der Waals surface area contributed by atoms with E-state index >= 15 is 0 Å². The van der Waals surface area contributed by atoms with E-state index in [0.29, 0.717) is 0 Å².